The lowest BCUT2D eigenvalue weighted by Gasteiger charge is -2.19. The number of benzene rings is 1. The van der Waals surface area contributed by atoms with Gasteiger partial charge >= 0.3 is 0 Å². The van der Waals surface area contributed by atoms with Crippen molar-refractivity contribution >= 4 is 0 Å². The van der Waals surface area contributed by atoms with Gasteiger partial charge in [0.05, 0.1) is 7.11 Å². The Morgan fingerprint density at radius 1 is 1.29 bits per heavy atom. The molecule has 76 valence electrons. The van der Waals surface area contributed by atoms with Crippen LogP contribution in [0.2, 0.25) is 0 Å². The van der Waals surface area contributed by atoms with Crippen molar-refractivity contribution in [3.05, 3.63) is 29.8 Å². The second kappa shape index (κ2) is 4.01. The lowest BCUT2D eigenvalue weighted by Crippen LogP contribution is -2.17. The highest BCUT2D eigenvalue weighted by atomic mass is 16.5. The summed E-state index contributed by atoms with van der Waals surface area (Å²) >= 11 is 0. The maximum atomic E-state index is 5.15. The fourth-order valence-corrected chi connectivity index (χ4v) is 2.16. The van der Waals surface area contributed by atoms with Gasteiger partial charge in [0.1, 0.15) is 5.75 Å². The molecule has 0 radical (unpaired) electrons. The van der Waals surface area contributed by atoms with Crippen molar-refractivity contribution in [3.63, 3.8) is 0 Å². The molecule has 1 saturated heterocycles. The number of rotatable bonds is 2. The van der Waals surface area contributed by atoms with E-state index in [0.717, 1.165) is 5.75 Å². The second-order valence-electron chi connectivity index (χ2n) is 3.91. The van der Waals surface area contributed by atoms with Gasteiger partial charge < -0.3 is 4.74 Å². The molecular formula is C12H17NO. The van der Waals surface area contributed by atoms with E-state index in [1.807, 2.05) is 12.1 Å². The van der Waals surface area contributed by atoms with E-state index in [1.165, 1.54) is 24.9 Å². The van der Waals surface area contributed by atoms with Gasteiger partial charge in [0, 0.05) is 6.04 Å². The largest absolute Gasteiger partial charge is 0.497 e. The molecule has 2 rings (SSSR count). The molecule has 1 aromatic rings. The van der Waals surface area contributed by atoms with Crippen LogP contribution < -0.4 is 4.74 Å². The molecule has 2 nitrogen and oxygen atoms in total. The molecule has 0 spiro atoms. The summed E-state index contributed by atoms with van der Waals surface area (Å²) in [6.07, 6.45) is 2.59. The van der Waals surface area contributed by atoms with Crippen LogP contribution in [-0.2, 0) is 0 Å². The van der Waals surface area contributed by atoms with Gasteiger partial charge in [-0.15, -0.1) is 0 Å². The first-order chi connectivity index (χ1) is 6.81. The topological polar surface area (TPSA) is 12.5 Å². The SMILES string of the molecule is COc1ccc([C@H]2CCCN2C)cc1. The Hall–Kier alpha value is -1.02. The third kappa shape index (κ3) is 1.75. The average molecular weight is 191 g/mol. The quantitative estimate of drug-likeness (QED) is 0.712. The summed E-state index contributed by atoms with van der Waals surface area (Å²) in [5, 5.41) is 0. The second-order valence-corrected chi connectivity index (χ2v) is 3.91. The van der Waals surface area contributed by atoms with Gasteiger partial charge in [-0.1, -0.05) is 12.1 Å². The number of likely N-dealkylation sites (tertiary alicyclic amines) is 1. The first kappa shape index (κ1) is 9.53. The third-order valence-electron chi connectivity index (χ3n) is 3.02. The molecular weight excluding hydrogens is 174 g/mol. The Kier molecular flexibility index (Phi) is 2.73. The van der Waals surface area contributed by atoms with Gasteiger partial charge in [-0.05, 0) is 44.1 Å². The van der Waals surface area contributed by atoms with E-state index in [4.69, 9.17) is 4.74 Å². The Balaban J connectivity index is 2.16. The minimum atomic E-state index is 0.612. The molecule has 1 heterocycles. The maximum absolute atomic E-state index is 5.15. The number of methoxy groups -OCH3 is 1. The number of nitrogens with zero attached hydrogens (tertiary/aromatic N) is 1. The number of hydrogen-bond donors (Lipinski definition) is 0. The lowest BCUT2D eigenvalue weighted by molar-refractivity contribution is 0.317. The zero-order valence-electron chi connectivity index (χ0n) is 8.86. The van der Waals surface area contributed by atoms with Crippen molar-refractivity contribution in [2.24, 2.45) is 0 Å². The van der Waals surface area contributed by atoms with Gasteiger partial charge in [-0.2, -0.15) is 0 Å². The van der Waals surface area contributed by atoms with Crippen LogP contribution in [0.15, 0.2) is 24.3 Å². The minimum absolute atomic E-state index is 0.612. The van der Waals surface area contributed by atoms with Crippen molar-refractivity contribution < 1.29 is 4.74 Å². The summed E-state index contributed by atoms with van der Waals surface area (Å²) in [4.78, 5) is 2.42. The van der Waals surface area contributed by atoms with Gasteiger partial charge in [-0.25, -0.2) is 0 Å². The van der Waals surface area contributed by atoms with Crippen molar-refractivity contribution in [3.8, 4) is 5.75 Å². The predicted molar refractivity (Wildman–Crippen MR) is 57.6 cm³/mol. The number of ether oxygens (including phenoxy) is 1. The van der Waals surface area contributed by atoms with Gasteiger partial charge in [0.2, 0.25) is 0 Å². The van der Waals surface area contributed by atoms with Crippen molar-refractivity contribution in [1.82, 2.24) is 4.90 Å². The van der Waals surface area contributed by atoms with Crippen LogP contribution in [0.3, 0.4) is 0 Å². The highest BCUT2D eigenvalue weighted by Gasteiger charge is 2.21. The summed E-state index contributed by atoms with van der Waals surface area (Å²) in [6, 6.07) is 9.04. The Morgan fingerprint density at radius 3 is 2.50 bits per heavy atom. The fraction of sp³-hybridized carbons (Fsp3) is 0.500. The van der Waals surface area contributed by atoms with Crippen LogP contribution in [0.4, 0.5) is 0 Å². The van der Waals surface area contributed by atoms with E-state index >= 15 is 0 Å². The lowest BCUT2D eigenvalue weighted by atomic mass is 10.0. The van der Waals surface area contributed by atoms with E-state index in [0.29, 0.717) is 6.04 Å². The van der Waals surface area contributed by atoms with E-state index in [1.54, 1.807) is 7.11 Å². The van der Waals surface area contributed by atoms with Crippen LogP contribution in [-0.4, -0.2) is 25.6 Å². The van der Waals surface area contributed by atoms with E-state index in [9.17, 15) is 0 Å². The first-order valence-electron chi connectivity index (χ1n) is 5.15. The van der Waals surface area contributed by atoms with Crippen LogP contribution in [0, 0.1) is 0 Å². The van der Waals surface area contributed by atoms with Crippen LogP contribution in [0.5, 0.6) is 5.75 Å². The van der Waals surface area contributed by atoms with Crippen molar-refractivity contribution in [2.45, 2.75) is 18.9 Å². The monoisotopic (exact) mass is 191 g/mol. The number of hydrogen-bond acceptors (Lipinski definition) is 2. The normalized spacial score (nSPS) is 22.6. The molecule has 1 aliphatic rings. The van der Waals surface area contributed by atoms with Gasteiger partial charge in [0.15, 0.2) is 0 Å². The van der Waals surface area contributed by atoms with E-state index < -0.39 is 0 Å². The van der Waals surface area contributed by atoms with Crippen molar-refractivity contribution in [1.29, 1.82) is 0 Å². The zero-order chi connectivity index (χ0) is 9.97. The molecule has 0 unspecified atom stereocenters. The fourth-order valence-electron chi connectivity index (χ4n) is 2.16. The molecule has 2 heteroatoms. The van der Waals surface area contributed by atoms with E-state index in [-0.39, 0.29) is 0 Å². The Labute approximate surface area is 85.5 Å². The Bertz CT molecular complexity index is 294. The van der Waals surface area contributed by atoms with Crippen molar-refractivity contribution in [2.75, 3.05) is 20.7 Å². The smallest absolute Gasteiger partial charge is 0.118 e. The van der Waals surface area contributed by atoms with Crippen LogP contribution in [0.25, 0.3) is 0 Å². The molecule has 0 saturated carbocycles. The molecule has 0 N–H and O–H groups in total. The summed E-state index contributed by atoms with van der Waals surface area (Å²) in [5.74, 6) is 0.939. The maximum Gasteiger partial charge on any atom is 0.118 e. The van der Waals surface area contributed by atoms with Gasteiger partial charge in [0.25, 0.3) is 0 Å². The first-order valence-corrected chi connectivity index (χ1v) is 5.15. The highest BCUT2D eigenvalue weighted by molar-refractivity contribution is 5.29. The molecule has 1 aliphatic heterocycles. The molecule has 1 aromatic carbocycles. The summed E-state index contributed by atoms with van der Waals surface area (Å²) in [7, 11) is 3.90. The molecule has 0 amide bonds. The highest BCUT2D eigenvalue weighted by Crippen LogP contribution is 2.30. The summed E-state index contributed by atoms with van der Waals surface area (Å²) in [6.45, 7) is 1.22. The molecule has 1 atom stereocenters. The summed E-state index contributed by atoms with van der Waals surface area (Å²) in [5.41, 5.74) is 1.41. The standard InChI is InChI=1S/C12H17NO/c1-13-9-3-4-12(13)10-5-7-11(14-2)8-6-10/h5-8,12H,3-4,9H2,1-2H3/t12-/m1/s1. The predicted octanol–water partition coefficient (Wildman–Crippen LogP) is 2.46. The third-order valence-corrected chi connectivity index (χ3v) is 3.02. The molecule has 14 heavy (non-hydrogen) atoms. The minimum Gasteiger partial charge on any atom is -0.497 e. The molecule has 1 fully saturated rings. The molecule has 0 bridgehead atoms. The van der Waals surface area contributed by atoms with E-state index in [2.05, 4.69) is 24.1 Å². The molecule has 0 aliphatic carbocycles. The van der Waals surface area contributed by atoms with Crippen LogP contribution in [0.1, 0.15) is 24.4 Å². The Morgan fingerprint density at radius 2 is 2.00 bits per heavy atom. The van der Waals surface area contributed by atoms with Gasteiger partial charge in [-0.3, -0.25) is 4.90 Å². The summed E-state index contributed by atoms with van der Waals surface area (Å²) < 4.78 is 5.15. The zero-order valence-corrected chi connectivity index (χ0v) is 8.86. The molecule has 0 aromatic heterocycles. The van der Waals surface area contributed by atoms with Crippen LogP contribution >= 0.6 is 0 Å². The average Bonchev–Trinajstić information content (AvgIpc) is 2.65.